The van der Waals surface area contributed by atoms with Crippen LogP contribution < -0.4 is 11.3 Å². The lowest BCUT2D eigenvalue weighted by molar-refractivity contribution is 0.0580. The molecule has 0 aromatic rings. The van der Waals surface area contributed by atoms with Crippen LogP contribution in [0.5, 0.6) is 0 Å². The van der Waals surface area contributed by atoms with Gasteiger partial charge in [-0.05, 0) is 52.6 Å². The summed E-state index contributed by atoms with van der Waals surface area (Å²) in [7, 11) is -2.88. The zero-order chi connectivity index (χ0) is 14.5. The zero-order valence-electron chi connectivity index (χ0n) is 12.5. The predicted molar refractivity (Wildman–Crippen MR) is 79.6 cm³/mol. The maximum absolute atomic E-state index is 11.2. The van der Waals surface area contributed by atoms with Crippen LogP contribution in [0.25, 0.3) is 0 Å². The average molecular weight is 291 g/mol. The number of nitrogens with one attached hydrogen (secondary N) is 1. The minimum absolute atomic E-state index is 0.0350. The van der Waals surface area contributed by atoms with Gasteiger partial charge in [-0.3, -0.25) is 16.2 Å². The summed E-state index contributed by atoms with van der Waals surface area (Å²) in [5.74, 6) is 5.93. The monoisotopic (exact) mass is 291 g/mol. The number of nitrogens with zero attached hydrogens (tertiary/aromatic N) is 1. The van der Waals surface area contributed by atoms with Gasteiger partial charge in [-0.15, -0.1) is 0 Å². The maximum atomic E-state index is 11.2. The first-order chi connectivity index (χ1) is 8.77. The van der Waals surface area contributed by atoms with Gasteiger partial charge in [0.1, 0.15) is 9.84 Å². The van der Waals surface area contributed by atoms with E-state index in [0.29, 0.717) is 6.42 Å². The third-order valence-corrected chi connectivity index (χ3v) is 5.26. The molecule has 0 amide bonds. The Morgan fingerprint density at radius 3 is 2.32 bits per heavy atom. The summed E-state index contributed by atoms with van der Waals surface area (Å²) < 4.78 is 22.4. The van der Waals surface area contributed by atoms with Gasteiger partial charge >= 0.3 is 0 Å². The highest BCUT2D eigenvalue weighted by molar-refractivity contribution is 7.90. The standard InChI is InChI=1S/C13H29N3O2S/c1-13(2,16-9-5-4-6-10-16)12(15-14)8-7-11-19(3,17)18/h12,15H,4-11,14H2,1-3H3. The molecule has 1 unspecified atom stereocenters. The Hall–Kier alpha value is -0.170. The molecule has 1 fully saturated rings. The molecule has 1 aliphatic heterocycles. The summed E-state index contributed by atoms with van der Waals surface area (Å²) in [5, 5.41) is 0. The summed E-state index contributed by atoms with van der Waals surface area (Å²) in [6, 6.07) is 0.118. The van der Waals surface area contributed by atoms with E-state index in [4.69, 9.17) is 5.84 Å². The predicted octanol–water partition coefficient (Wildman–Crippen LogP) is 0.908. The largest absolute Gasteiger partial charge is 0.297 e. The molecule has 1 rings (SSSR count). The van der Waals surface area contributed by atoms with Crippen LogP contribution in [0.15, 0.2) is 0 Å². The van der Waals surface area contributed by atoms with Gasteiger partial charge in [-0.1, -0.05) is 6.42 Å². The summed E-state index contributed by atoms with van der Waals surface area (Å²) >= 11 is 0. The van der Waals surface area contributed by atoms with Crippen molar-refractivity contribution in [3.8, 4) is 0 Å². The van der Waals surface area contributed by atoms with Crippen LogP contribution >= 0.6 is 0 Å². The first-order valence-electron chi connectivity index (χ1n) is 7.16. The highest BCUT2D eigenvalue weighted by atomic mass is 32.2. The van der Waals surface area contributed by atoms with Crippen LogP contribution in [0.1, 0.15) is 46.0 Å². The molecule has 19 heavy (non-hydrogen) atoms. The third-order valence-electron chi connectivity index (χ3n) is 4.23. The molecule has 6 heteroatoms. The van der Waals surface area contributed by atoms with Gasteiger partial charge in [0.05, 0.1) is 0 Å². The van der Waals surface area contributed by atoms with Crippen molar-refractivity contribution in [2.24, 2.45) is 5.84 Å². The summed E-state index contributed by atoms with van der Waals surface area (Å²) in [5.41, 5.74) is 2.85. The van der Waals surface area contributed by atoms with Crippen molar-refractivity contribution in [2.75, 3.05) is 25.1 Å². The quantitative estimate of drug-likeness (QED) is 0.538. The Labute approximate surface area is 117 Å². The van der Waals surface area contributed by atoms with Gasteiger partial charge in [0.2, 0.25) is 0 Å². The van der Waals surface area contributed by atoms with E-state index in [2.05, 4.69) is 24.2 Å². The van der Waals surface area contributed by atoms with Crippen molar-refractivity contribution < 1.29 is 8.42 Å². The van der Waals surface area contributed by atoms with E-state index in [0.717, 1.165) is 19.5 Å². The fourth-order valence-electron chi connectivity index (χ4n) is 2.88. The first-order valence-corrected chi connectivity index (χ1v) is 9.22. The fraction of sp³-hybridized carbons (Fsp3) is 1.00. The van der Waals surface area contributed by atoms with Gasteiger partial charge < -0.3 is 0 Å². The van der Waals surface area contributed by atoms with E-state index in [9.17, 15) is 8.42 Å². The van der Waals surface area contributed by atoms with Crippen LogP contribution in [0.4, 0.5) is 0 Å². The second kappa shape index (κ2) is 7.02. The number of hydrazine groups is 1. The molecule has 1 aliphatic rings. The minimum atomic E-state index is -2.88. The lowest BCUT2D eigenvalue weighted by atomic mass is 9.88. The van der Waals surface area contributed by atoms with Crippen molar-refractivity contribution in [3.63, 3.8) is 0 Å². The molecule has 0 saturated carbocycles. The SMILES string of the molecule is CC(C)(C(CCCS(C)(=O)=O)NN)N1CCCCC1. The van der Waals surface area contributed by atoms with Crippen molar-refractivity contribution in [2.45, 2.75) is 57.5 Å². The molecule has 0 aliphatic carbocycles. The van der Waals surface area contributed by atoms with Crippen LogP contribution in [0.2, 0.25) is 0 Å². The Balaban J connectivity index is 2.55. The fourth-order valence-corrected chi connectivity index (χ4v) is 3.57. The smallest absolute Gasteiger partial charge is 0.147 e. The molecule has 0 radical (unpaired) electrons. The van der Waals surface area contributed by atoms with Crippen LogP contribution in [-0.2, 0) is 9.84 Å². The maximum Gasteiger partial charge on any atom is 0.147 e. The molecule has 1 heterocycles. The highest BCUT2D eigenvalue weighted by Gasteiger charge is 2.35. The number of rotatable bonds is 7. The normalized spacial score (nSPS) is 20.4. The van der Waals surface area contributed by atoms with Crippen molar-refractivity contribution in [1.82, 2.24) is 10.3 Å². The Bertz CT molecular complexity index is 362. The molecule has 0 spiro atoms. The molecule has 0 bridgehead atoms. The van der Waals surface area contributed by atoms with Gasteiger partial charge in [0, 0.05) is 23.6 Å². The molecule has 0 aromatic heterocycles. The molecule has 1 saturated heterocycles. The van der Waals surface area contributed by atoms with E-state index in [1.54, 1.807) is 0 Å². The Kier molecular flexibility index (Phi) is 6.23. The molecule has 5 nitrogen and oxygen atoms in total. The van der Waals surface area contributed by atoms with Crippen LogP contribution in [0, 0.1) is 0 Å². The number of likely N-dealkylation sites (tertiary alicyclic amines) is 1. The molecular formula is C13H29N3O2S. The number of nitrogens with two attached hydrogens (primary N) is 1. The second-order valence-corrected chi connectivity index (χ2v) is 8.45. The lowest BCUT2D eigenvalue weighted by Crippen LogP contribution is -2.60. The van der Waals surface area contributed by atoms with Gasteiger partial charge in [0.15, 0.2) is 0 Å². The second-order valence-electron chi connectivity index (χ2n) is 6.19. The topological polar surface area (TPSA) is 75.4 Å². The molecular weight excluding hydrogens is 262 g/mol. The minimum Gasteiger partial charge on any atom is -0.297 e. The first kappa shape index (κ1) is 16.9. The number of piperidine rings is 1. The molecule has 114 valence electrons. The third kappa shape index (κ3) is 5.38. The lowest BCUT2D eigenvalue weighted by Gasteiger charge is -2.45. The molecule has 1 atom stereocenters. The van der Waals surface area contributed by atoms with Crippen molar-refractivity contribution >= 4 is 9.84 Å². The van der Waals surface area contributed by atoms with Gasteiger partial charge in [-0.2, -0.15) is 0 Å². The highest BCUT2D eigenvalue weighted by Crippen LogP contribution is 2.25. The number of sulfone groups is 1. The van der Waals surface area contributed by atoms with Crippen LogP contribution in [0.3, 0.4) is 0 Å². The van der Waals surface area contributed by atoms with Crippen molar-refractivity contribution in [1.29, 1.82) is 0 Å². The summed E-state index contributed by atoms with van der Waals surface area (Å²) in [6.45, 7) is 6.61. The van der Waals surface area contributed by atoms with E-state index >= 15 is 0 Å². The molecule has 0 aromatic carbocycles. The summed E-state index contributed by atoms with van der Waals surface area (Å²) in [4.78, 5) is 2.47. The van der Waals surface area contributed by atoms with E-state index in [-0.39, 0.29) is 17.3 Å². The van der Waals surface area contributed by atoms with E-state index < -0.39 is 9.84 Å². The Morgan fingerprint density at radius 2 is 1.84 bits per heavy atom. The van der Waals surface area contributed by atoms with Gasteiger partial charge in [0.25, 0.3) is 0 Å². The van der Waals surface area contributed by atoms with Crippen LogP contribution in [-0.4, -0.2) is 50.0 Å². The average Bonchev–Trinajstić information content (AvgIpc) is 2.34. The van der Waals surface area contributed by atoms with Gasteiger partial charge in [-0.25, -0.2) is 8.42 Å². The van der Waals surface area contributed by atoms with E-state index in [1.807, 2.05) is 0 Å². The zero-order valence-corrected chi connectivity index (χ0v) is 13.3. The van der Waals surface area contributed by atoms with E-state index in [1.165, 1.54) is 25.5 Å². The Morgan fingerprint density at radius 1 is 1.26 bits per heavy atom. The van der Waals surface area contributed by atoms with Crippen molar-refractivity contribution in [3.05, 3.63) is 0 Å². The summed E-state index contributed by atoms with van der Waals surface area (Å²) in [6.07, 6.45) is 6.52. The molecule has 3 N–H and O–H groups in total. The number of hydrogen-bond acceptors (Lipinski definition) is 5. The number of hydrogen-bond donors (Lipinski definition) is 2.